The summed E-state index contributed by atoms with van der Waals surface area (Å²) in [7, 11) is -3.95. The number of benzene rings is 2. The third-order valence-corrected chi connectivity index (χ3v) is 8.51. The Morgan fingerprint density at radius 2 is 1.78 bits per heavy atom. The molecule has 1 aliphatic heterocycles. The zero-order valence-electron chi connectivity index (χ0n) is 22.8. The van der Waals surface area contributed by atoms with Crippen LogP contribution < -0.4 is 4.72 Å². The zero-order chi connectivity index (χ0) is 29.4. The number of pyridine rings is 1. The van der Waals surface area contributed by atoms with Gasteiger partial charge in [-0.25, -0.2) is 9.37 Å². The molecule has 0 spiro atoms. The highest BCUT2D eigenvalue weighted by molar-refractivity contribution is 7.92. The van der Waals surface area contributed by atoms with E-state index in [2.05, 4.69) is 9.71 Å². The molecule has 1 aliphatic rings. The highest BCUT2D eigenvalue weighted by Gasteiger charge is 2.43. The van der Waals surface area contributed by atoms with E-state index in [0.29, 0.717) is 44.2 Å². The fourth-order valence-corrected chi connectivity index (χ4v) is 6.07. The Labute approximate surface area is 239 Å². The molecule has 2 unspecified atom stereocenters. The van der Waals surface area contributed by atoms with E-state index < -0.39 is 33.9 Å². The van der Waals surface area contributed by atoms with Gasteiger partial charge < -0.3 is 4.74 Å². The molecule has 1 saturated heterocycles. The molecule has 0 amide bonds. The van der Waals surface area contributed by atoms with Crippen LogP contribution in [0.5, 0.6) is 0 Å². The maximum Gasteiger partial charge on any atom is 0.316 e. The molecule has 0 radical (unpaired) electrons. The number of ketones is 1. The number of carbonyl (C=O) groups is 2. The number of cyclic esters (lactones) is 1. The predicted octanol–water partition coefficient (Wildman–Crippen LogP) is 5.38. The molecular weight excluding hydrogens is 545 g/mol. The number of halogens is 1. The highest BCUT2D eigenvalue weighted by atomic mass is 32.2. The number of carbonyl (C=O) groups excluding carboxylic acids is 2. The molecular formula is C31H32FN3O5S. The predicted molar refractivity (Wildman–Crippen MR) is 151 cm³/mol. The van der Waals surface area contributed by atoms with Crippen LogP contribution in [-0.2, 0) is 37.2 Å². The molecule has 0 saturated carbocycles. The maximum atomic E-state index is 13.5. The lowest BCUT2D eigenvalue weighted by atomic mass is 9.79. The summed E-state index contributed by atoms with van der Waals surface area (Å²) in [6, 6.07) is 17.6. The summed E-state index contributed by atoms with van der Waals surface area (Å²) in [6.45, 7) is 1.98. The molecule has 1 N–H and O–H groups in total. The number of nitrogens with one attached hydrogen (secondary N) is 1. The molecule has 2 aromatic carbocycles. The fourth-order valence-electron chi connectivity index (χ4n) is 5.09. The van der Waals surface area contributed by atoms with Crippen LogP contribution >= 0.6 is 0 Å². The number of esters is 1. The zero-order valence-corrected chi connectivity index (χ0v) is 23.6. The lowest BCUT2D eigenvalue weighted by molar-refractivity contribution is -0.171. The van der Waals surface area contributed by atoms with E-state index in [9.17, 15) is 22.4 Å². The van der Waals surface area contributed by atoms with Crippen molar-refractivity contribution in [2.45, 2.75) is 63.0 Å². The normalized spacial score (nSPS) is 18.9. The number of hydrogen-bond donors (Lipinski definition) is 1. The lowest BCUT2D eigenvalue weighted by Gasteiger charge is -2.34. The van der Waals surface area contributed by atoms with Crippen molar-refractivity contribution in [2.24, 2.45) is 11.8 Å². The first-order valence-electron chi connectivity index (χ1n) is 13.7. The Bertz CT molecular complexity index is 1520. The van der Waals surface area contributed by atoms with Gasteiger partial charge in [0.25, 0.3) is 10.0 Å². The van der Waals surface area contributed by atoms with Crippen LogP contribution in [-0.4, -0.2) is 31.3 Å². The second kappa shape index (κ2) is 13.5. The Kier molecular flexibility index (Phi) is 9.84. The molecule has 4 rings (SSSR count). The number of rotatable bonds is 12. The SMILES string of the molecule is CCC[C@H]1OC(=O)C(CCCc2cccc(NS(=O)(=O)c3ccc(C#N)cn3)c2)C(=O)C1CCc1ccc(F)cc1. The molecule has 214 valence electrons. The summed E-state index contributed by atoms with van der Waals surface area (Å²) in [5.41, 5.74) is 2.37. The maximum absolute atomic E-state index is 13.5. The topological polar surface area (TPSA) is 126 Å². The van der Waals surface area contributed by atoms with Crippen LogP contribution in [0.25, 0.3) is 0 Å². The molecule has 0 bridgehead atoms. The minimum absolute atomic E-state index is 0.0989. The number of hydrogen-bond acceptors (Lipinski definition) is 7. The number of anilines is 1. The van der Waals surface area contributed by atoms with Gasteiger partial charge in [-0.05, 0) is 86.1 Å². The molecule has 3 aromatic rings. The number of nitriles is 1. The van der Waals surface area contributed by atoms with Crippen LogP contribution in [0.1, 0.15) is 55.7 Å². The van der Waals surface area contributed by atoms with Crippen LogP contribution in [0.3, 0.4) is 0 Å². The monoisotopic (exact) mass is 577 g/mol. The van der Waals surface area contributed by atoms with Crippen molar-refractivity contribution >= 4 is 27.5 Å². The molecule has 41 heavy (non-hydrogen) atoms. The van der Waals surface area contributed by atoms with Crippen LogP contribution in [0.4, 0.5) is 10.1 Å². The van der Waals surface area contributed by atoms with Gasteiger partial charge in [-0.2, -0.15) is 13.7 Å². The summed E-state index contributed by atoms with van der Waals surface area (Å²) in [5, 5.41) is 8.69. The summed E-state index contributed by atoms with van der Waals surface area (Å²) in [4.78, 5) is 30.1. The smallest absolute Gasteiger partial charge is 0.316 e. The first-order valence-corrected chi connectivity index (χ1v) is 15.1. The van der Waals surface area contributed by atoms with E-state index in [4.69, 9.17) is 10.00 Å². The van der Waals surface area contributed by atoms with Gasteiger partial charge in [-0.3, -0.25) is 14.3 Å². The average molecular weight is 578 g/mol. The van der Waals surface area contributed by atoms with Crippen molar-refractivity contribution in [3.8, 4) is 6.07 Å². The number of ether oxygens (including phenoxy) is 1. The third kappa shape index (κ3) is 7.76. The summed E-state index contributed by atoms with van der Waals surface area (Å²) < 4.78 is 46.9. The number of Topliss-reactive ketones (excluding diaryl/α,β-unsaturated/α-hetero) is 1. The number of nitrogens with zero attached hydrogens (tertiary/aromatic N) is 2. The number of sulfonamides is 1. The van der Waals surface area contributed by atoms with Crippen molar-refractivity contribution in [2.75, 3.05) is 4.72 Å². The largest absolute Gasteiger partial charge is 0.461 e. The van der Waals surface area contributed by atoms with Crippen LogP contribution in [0.2, 0.25) is 0 Å². The Morgan fingerprint density at radius 1 is 1.00 bits per heavy atom. The molecule has 1 aromatic heterocycles. The minimum atomic E-state index is -3.95. The molecule has 0 aliphatic carbocycles. The van der Waals surface area contributed by atoms with Crippen molar-refractivity contribution < 1.29 is 27.1 Å². The van der Waals surface area contributed by atoms with Crippen molar-refractivity contribution in [1.82, 2.24) is 4.98 Å². The van der Waals surface area contributed by atoms with Gasteiger partial charge in [0.15, 0.2) is 10.8 Å². The molecule has 2 heterocycles. The van der Waals surface area contributed by atoms with E-state index >= 15 is 0 Å². The standard InChI is InChI=1S/C31H32FN3O5S/c1-2-5-28-26(16-12-21-10-14-24(32)15-11-21)30(36)27(31(37)40-28)9-4-7-22-6-3-8-25(18-22)35-41(38,39)29-17-13-23(19-33)20-34-29/h3,6,8,10-11,13-15,17-18,20,26-28,35H,2,4-5,7,9,12,16H2,1H3/t26?,27?,28-/m1/s1. The van der Waals surface area contributed by atoms with Crippen molar-refractivity contribution in [3.63, 3.8) is 0 Å². The fraction of sp³-hybridized carbons (Fsp3) is 0.355. The van der Waals surface area contributed by atoms with Gasteiger partial charge in [0.2, 0.25) is 0 Å². The van der Waals surface area contributed by atoms with Crippen molar-refractivity contribution in [3.05, 3.63) is 89.4 Å². The summed E-state index contributed by atoms with van der Waals surface area (Å²) >= 11 is 0. The Morgan fingerprint density at radius 3 is 2.46 bits per heavy atom. The van der Waals surface area contributed by atoms with Crippen LogP contribution in [0, 0.1) is 29.0 Å². The molecule has 3 atom stereocenters. The van der Waals surface area contributed by atoms with E-state index in [1.54, 1.807) is 30.3 Å². The van der Waals surface area contributed by atoms with Gasteiger partial charge in [0.1, 0.15) is 23.9 Å². The third-order valence-electron chi connectivity index (χ3n) is 7.22. The lowest BCUT2D eigenvalue weighted by Crippen LogP contribution is -2.46. The Balaban J connectivity index is 1.37. The van der Waals surface area contributed by atoms with Gasteiger partial charge in [-0.15, -0.1) is 0 Å². The van der Waals surface area contributed by atoms with E-state index in [0.717, 1.165) is 17.5 Å². The quantitative estimate of drug-likeness (QED) is 0.226. The Hall–Kier alpha value is -4.10. The molecule has 1 fully saturated rings. The second-order valence-electron chi connectivity index (χ2n) is 10.2. The van der Waals surface area contributed by atoms with Crippen molar-refractivity contribution in [1.29, 1.82) is 5.26 Å². The van der Waals surface area contributed by atoms with Gasteiger partial charge in [0.05, 0.1) is 11.5 Å². The number of aromatic nitrogens is 1. The van der Waals surface area contributed by atoms with E-state index in [1.165, 1.54) is 30.5 Å². The number of aryl methyl sites for hydroxylation is 2. The van der Waals surface area contributed by atoms with E-state index in [-0.39, 0.29) is 22.2 Å². The second-order valence-corrected chi connectivity index (χ2v) is 11.8. The van der Waals surface area contributed by atoms with Gasteiger partial charge in [0, 0.05) is 11.9 Å². The van der Waals surface area contributed by atoms with Gasteiger partial charge in [-0.1, -0.05) is 37.6 Å². The highest BCUT2D eigenvalue weighted by Crippen LogP contribution is 2.32. The first kappa shape index (κ1) is 29.9. The molecule has 8 nitrogen and oxygen atoms in total. The average Bonchev–Trinajstić information content (AvgIpc) is 2.95. The van der Waals surface area contributed by atoms with Crippen LogP contribution in [0.15, 0.2) is 71.9 Å². The molecule has 10 heteroatoms. The van der Waals surface area contributed by atoms with Gasteiger partial charge >= 0.3 is 5.97 Å². The first-order chi connectivity index (χ1) is 19.7. The summed E-state index contributed by atoms with van der Waals surface area (Å²) in [6.07, 6.45) is 4.63. The summed E-state index contributed by atoms with van der Waals surface area (Å²) in [5.74, 6) is -2.14. The van der Waals surface area contributed by atoms with E-state index in [1.807, 2.05) is 19.1 Å². The minimum Gasteiger partial charge on any atom is -0.461 e.